The number of carbonyl (C=O) groups excluding carboxylic acids is 2. The van der Waals surface area contributed by atoms with Crippen molar-refractivity contribution in [2.24, 2.45) is 0 Å². The van der Waals surface area contributed by atoms with E-state index in [1.54, 1.807) is 37.3 Å². The zero-order chi connectivity index (χ0) is 22.3. The summed E-state index contributed by atoms with van der Waals surface area (Å²) in [5.41, 5.74) is 1.73. The molecule has 8 heteroatoms. The number of benzene rings is 2. The van der Waals surface area contributed by atoms with E-state index in [-0.39, 0.29) is 28.6 Å². The summed E-state index contributed by atoms with van der Waals surface area (Å²) in [6.07, 6.45) is 0. The van der Waals surface area contributed by atoms with Gasteiger partial charge in [-0.2, -0.15) is 0 Å². The summed E-state index contributed by atoms with van der Waals surface area (Å²) in [5, 5.41) is 24.9. The molecule has 1 amide bonds. The van der Waals surface area contributed by atoms with Crippen LogP contribution in [0.3, 0.4) is 0 Å². The van der Waals surface area contributed by atoms with E-state index in [2.05, 4.69) is 5.16 Å². The van der Waals surface area contributed by atoms with Gasteiger partial charge in [-0.05, 0) is 31.5 Å². The molecule has 0 spiro atoms. The van der Waals surface area contributed by atoms with Gasteiger partial charge >= 0.3 is 5.91 Å². The molecule has 8 nitrogen and oxygen atoms in total. The number of anilines is 1. The van der Waals surface area contributed by atoms with Gasteiger partial charge in [0.1, 0.15) is 11.5 Å². The minimum atomic E-state index is -1.000. The molecule has 0 bridgehead atoms. The number of aromatic nitrogens is 1. The Morgan fingerprint density at radius 1 is 1.10 bits per heavy atom. The van der Waals surface area contributed by atoms with Crippen molar-refractivity contribution in [3.05, 3.63) is 76.6 Å². The van der Waals surface area contributed by atoms with Crippen LogP contribution in [0.4, 0.5) is 5.82 Å². The van der Waals surface area contributed by atoms with Crippen LogP contribution in [0.1, 0.15) is 28.5 Å². The molecule has 1 unspecified atom stereocenters. The van der Waals surface area contributed by atoms with Crippen molar-refractivity contribution >= 4 is 23.3 Å². The first-order chi connectivity index (χ1) is 14.8. The normalized spacial score (nSPS) is 17.9. The number of Topliss-reactive ketones (excluding diaryl/α,β-unsaturated/α-hetero) is 1. The van der Waals surface area contributed by atoms with E-state index in [0.717, 1.165) is 5.56 Å². The van der Waals surface area contributed by atoms with E-state index < -0.39 is 17.7 Å². The fourth-order valence-electron chi connectivity index (χ4n) is 3.58. The molecule has 2 heterocycles. The summed E-state index contributed by atoms with van der Waals surface area (Å²) in [5.74, 6) is -1.35. The maximum atomic E-state index is 13.0. The fourth-order valence-corrected chi connectivity index (χ4v) is 3.58. The molecule has 3 aromatic rings. The van der Waals surface area contributed by atoms with Crippen molar-refractivity contribution in [3.8, 4) is 11.5 Å². The van der Waals surface area contributed by atoms with Crippen LogP contribution in [0.15, 0.2) is 58.6 Å². The highest BCUT2D eigenvalue weighted by Gasteiger charge is 2.48. The number of aryl methyl sites for hydroxylation is 2. The molecule has 1 aromatic heterocycles. The van der Waals surface area contributed by atoms with Crippen molar-refractivity contribution in [2.75, 3.05) is 12.0 Å². The van der Waals surface area contributed by atoms with Crippen LogP contribution in [-0.2, 0) is 9.59 Å². The fraction of sp³-hybridized carbons (Fsp3) is 0.174. The molecule has 1 aliphatic rings. The van der Waals surface area contributed by atoms with Gasteiger partial charge in [-0.3, -0.25) is 14.5 Å². The van der Waals surface area contributed by atoms with Crippen LogP contribution < -0.4 is 9.64 Å². The summed E-state index contributed by atoms with van der Waals surface area (Å²) in [6, 6.07) is 11.9. The van der Waals surface area contributed by atoms with E-state index in [1.165, 1.54) is 30.2 Å². The van der Waals surface area contributed by atoms with Crippen LogP contribution >= 0.6 is 0 Å². The summed E-state index contributed by atoms with van der Waals surface area (Å²) in [7, 11) is 1.39. The molecule has 0 radical (unpaired) electrons. The molecule has 2 N–H and O–H groups in total. The Labute approximate surface area is 178 Å². The highest BCUT2D eigenvalue weighted by molar-refractivity contribution is 6.51. The Kier molecular flexibility index (Phi) is 4.98. The summed E-state index contributed by atoms with van der Waals surface area (Å²) in [6.45, 7) is 3.57. The Morgan fingerprint density at radius 2 is 1.81 bits per heavy atom. The van der Waals surface area contributed by atoms with Crippen molar-refractivity contribution in [1.29, 1.82) is 0 Å². The predicted octanol–water partition coefficient (Wildman–Crippen LogP) is 3.63. The van der Waals surface area contributed by atoms with Crippen molar-refractivity contribution in [1.82, 2.24) is 5.16 Å². The smallest absolute Gasteiger partial charge is 0.301 e. The van der Waals surface area contributed by atoms with Crippen molar-refractivity contribution in [2.45, 2.75) is 19.9 Å². The number of aliphatic hydroxyl groups is 1. The third-order valence-corrected chi connectivity index (χ3v) is 5.15. The quantitative estimate of drug-likeness (QED) is 0.376. The highest BCUT2D eigenvalue weighted by atomic mass is 16.5. The first-order valence-electron chi connectivity index (χ1n) is 9.50. The number of aromatic hydroxyl groups is 1. The number of nitrogens with zero attached hydrogens (tertiary/aromatic N) is 2. The van der Waals surface area contributed by atoms with Crippen molar-refractivity contribution < 1.29 is 29.1 Å². The minimum Gasteiger partial charge on any atom is -0.507 e. The maximum absolute atomic E-state index is 13.0. The first-order valence-corrected chi connectivity index (χ1v) is 9.50. The van der Waals surface area contributed by atoms with Gasteiger partial charge in [0.15, 0.2) is 17.3 Å². The van der Waals surface area contributed by atoms with Crippen molar-refractivity contribution in [3.63, 3.8) is 0 Å². The summed E-state index contributed by atoms with van der Waals surface area (Å²) >= 11 is 0. The van der Waals surface area contributed by atoms with Gasteiger partial charge in [-0.25, -0.2) is 0 Å². The molecule has 1 fully saturated rings. The number of phenols is 1. The van der Waals surface area contributed by atoms with E-state index in [4.69, 9.17) is 9.26 Å². The lowest BCUT2D eigenvalue weighted by Crippen LogP contribution is -2.29. The second-order valence-electron chi connectivity index (χ2n) is 7.26. The van der Waals surface area contributed by atoms with E-state index in [1.807, 2.05) is 6.92 Å². The van der Waals surface area contributed by atoms with Gasteiger partial charge in [0.25, 0.3) is 5.78 Å². The second-order valence-corrected chi connectivity index (χ2v) is 7.26. The van der Waals surface area contributed by atoms with Gasteiger partial charge in [-0.15, -0.1) is 0 Å². The molecule has 31 heavy (non-hydrogen) atoms. The topological polar surface area (TPSA) is 113 Å². The number of ether oxygens (including phenoxy) is 1. The first kappa shape index (κ1) is 20.2. The van der Waals surface area contributed by atoms with Crippen LogP contribution in [0.2, 0.25) is 0 Å². The molecule has 1 atom stereocenters. The number of hydrogen-bond donors (Lipinski definition) is 2. The number of ketones is 1. The monoisotopic (exact) mass is 420 g/mol. The van der Waals surface area contributed by atoms with Gasteiger partial charge in [-0.1, -0.05) is 41.1 Å². The highest BCUT2D eigenvalue weighted by Crippen LogP contribution is 2.43. The Bertz CT molecular complexity index is 1210. The lowest BCUT2D eigenvalue weighted by atomic mass is 9.94. The van der Waals surface area contributed by atoms with Gasteiger partial charge < -0.3 is 19.5 Å². The lowest BCUT2D eigenvalue weighted by Gasteiger charge is -2.23. The number of amides is 1. The van der Waals surface area contributed by atoms with Crippen LogP contribution in [0.5, 0.6) is 11.5 Å². The third-order valence-electron chi connectivity index (χ3n) is 5.15. The molecular weight excluding hydrogens is 400 g/mol. The molecule has 4 rings (SSSR count). The van der Waals surface area contributed by atoms with E-state index in [0.29, 0.717) is 16.9 Å². The number of rotatable bonds is 4. The molecule has 1 aliphatic heterocycles. The van der Waals surface area contributed by atoms with Crippen LogP contribution in [0, 0.1) is 13.8 Å². The standard InChI is InChI=1S/C23H20N2O6/c1-12-4-6-14(7-5-12)21(27)19-20(15-8-9-16(26)17(11-15)30-3)25(23(29)22(19)28)18-10-13(2)31-24-18/h4-11,20,26-27H,1-3H3/b21-19+. The average Bonchev–Trinajstić information content (AvgIpc) is 3.29. The number of hydrogen-bond acceptors (Lipinski definition) is 7. The number of aliphatic hydroxyl groups excluding tert-OH is 1. The summed E-state index contributed by atoms with van der Waals surface area (Å²) < 4.78 is 10.3. The molecular formula is C23H20N2O6. The third kappa shape index (κ3) is 3.42. The zero-order valence-electron chi connectivity index (χ0n) is 17.1. The van der Waals surface area contributed by atoms with Crippen LogP contribution in [0.25, 0.3) is 5.76 Å². The largest absolute Gasteiger partial charge is 0.507 e. The number of phenolic OH excluding ortho intramolecular Hbond substituents is 1. The van der Waals surface area contributed by atoms with Crippen LogP contribution in [-0.4, -0.2) is 34.2 Å². The Hall–Kier alpha value is -4.07. The predicted molar refractivity (Wildman–Crippen MR) is 112 cm³/mol. The molecule has 1 saturated heterocycles. The molecule has 0 aliphatic carbocycles. The number of methoxy groups -OCH3 is 1. The Balaban J connectivity index is 1.96. The summed E-state index contributed by atoms with van der Waals surface area (Å²) in [4.78, 5) is 27.2. The van der Waals surface area contributed by atoms with Gasteiger partial charge in [0.05, 0.1) is 18.7 Å². The zero-order valence-corrected chi connectivity index (χ0v) is 17.1. The van der Waals surface area contributed by atoms with E-state index in [9.17, 15) is 19.8 Å². The van der Waals surface area contributed by atoms with E-state index >= 15 is 0 Å². The van der Waals surface area contributed by atoms with Gasteiger partial charge in [0, 0.05) is 11.6 Å². The number of carbonyl (C=O) groups is 2. The molecule has 0 saturated carbocycles. The Morgan fingerprint density at radius 3 is 2.42 bits per heavy atom. The molecule has 158 valence electrons. The van der Waals surface area contributed by atoms with Gasteiger partial charge in [0.2, 0.25) is 0 Å². The second kappa shape index (κ2) is 7.64. The average molecular weight is 420 g/mol. The minimum absolute atomic E-state index is 0.0951. The SMILES string of the molecule is COc1cc(C2/C(=C(\O)c3ccc(C)cc3)C(=O)C(=O)N2c2cc(C)on2)ccc1O. The lowest BCUT2D eigenvalue weighted by molar-refractivity contribution is -0.132. The molecule has 2 aromatic carbocycles. The maximum Gasteiger partial charge on any atom is 0.301 e.